The predicted molar refractivity (Wildman–Crippen MR) is 96.3 cm³/mol. The minimum atomic E-state index is -1.00. The highest BCUT2D eigenvalue weighted by molar-refractivity contribution is 5.93. The lowest BCUT2D eigenvalue weighted by Gasteiger charge is -2.32. The van der Waals surface area contributed by atoms with Crippen LogP contribution in [0.3, 0.4) is 0 Å². The second-order valence-electron chi connectivity index (χ2n) is 6.37. The third-order valence-electron chi connectivity index (χ3n) is 4.80. The summed E-state index contributed by atoms with van der Waals surface area (Å²) < 4.78 is 5.17. The summed E-state index contributed by atoms with van der Waals surface area (Å²) in [5.41, 5.74) is 0.973. The summed E-state index contributed by atoms with van der Waals surface area (Å²) >= 11 is 0. The molecule has 0 spiro atoms. The smallest absolute Gasteiger partial charge is 0.341 e. The molecule has 1 heterocycles. The highest BCUT2D eigenvalue weighted by Crippen LogP contribution is 2.29. The molecule has 2 aromatic rings. The highest BCUT2D eigenvalue weighted by atomic mass is 16.5. The number of carbonyl (C=O) groups is 1. The molecule has 6 heteroatoms. The first kappa shape index (κ1) is 17.2. The largest absolute Gasteiger partial charge is 0.497 e. The summed E-state index contributed by atoms with van der Waals surface area (Å²) in [4.78, 5) is 22.5. The average Bonchev–Trinajstić information content (AvgIpc) is 2.67. The maximum absolute atomic E-state index is 11.6. The van der Waals surface area contributed by atoms with E-state index in [4.69, 9.17) is 4.74 Å². The number of hydrogen-bond acceptors (Lipinski definition) is 5. The van der Waals surface area contributed by atoms with Gasteiger partial charge in [0.05, 0.1) is 7.11 Å². The summed E-state index contributed by atoms with van der Waals surface area (Å²) in [7, 11) is 3.55. The van der Waals surface area contributed by atoms with Gasteiger partial charge in [-0.2, -0.15) is 0 Å². The van der Waals surface area contributed by atoms with Crippen molar-refractivity contribution in [2.24, 2.45) is 0 Å². The molecule has 1 N–H and O–H groups in total. The van der Waals surface area contributed by atoms with Crippen molar-refractivity contribution in [2.75, 3.05) is 19.1 Å². The van der Waals surface area contributed by atoms with Crippen LogP contribution in [0.2, 0.25) is 0 Å². The number of methoxy groups -OCH3 is 1. The van der Waals surface area contributed by atoms with Gasteiger partial charge in [0.2, 0.25) is 0 Å². The minimum Gasteiger partial charge on any atom is -0.497 e. The monoisotopic (exact) mass is 341 g/mol. The molecule has 25 heavy (non-hydrogen) atoms. The number of anilines is 1. The standard InChI is InChI=1S/C19H23N3O3/c1-22(14-6-4-3-5-7-14)18-16(19(23)24)12-20-17(21-18)13-8-10-15(25-2)11-9-13/h8-12,14H,3-7H2,1-2H3,(H,23,24). The summed E-state index contributed by atoms with van der Waals surface area (Å²) in [6, 6.07) is 7.76. The number of carboxylic acid groups (broad SMARTS) is 1. The molecule has 0 saturated heterocycles. The van der Waals surface area contributed by atoms with Gasteiger partial charge in [-0.05, 0) is 37.1 Å². The molecule has 0 unspecified atom stereocenters. The molecule has 0 radical (unpaired) electrons. The second-order valence-corrected chi connectivity index (χ2v) is 6.37. The fourth-order valence-corrected chi connectivity index (χ4v) is 3.31. The Morgan fingerprint density at radius 1 is 1.20 bits per heavy atom. The third-order valence-corrected chi connectivity index (χ3v) is 4.80. The Kier molecular flexibility index (Phi) is 5.16. The molecule has 6 nitrogen and oxygen atoms in total. The van der Waals surface area contributed by atoms with E-state index in [2.05, 4.69) is 9.97 Å². The van der Waals surface area contributed by atoms with Crippen molar-refractivity contribution in [1.82, 2.24) is 9.97 Å². The number of ether oxygens (including phenoxy) is 1. The van der Waals surface area contributed by atoms with Crippen LogP contribution in [0.4, 0.5) is 5.82 Å². The van der Waals surface area contributed by atoms with Crippen LogP contribution in [0.15, 0.2) is 30.5 Å². The van der Waals surface area contributed by atoms with Gasteiger partial charge in [-0.3, -0.25) is 0 Å². The van der Waals surface area contributed by atoms with Crippen LogP contribution < -0.4 is 9.64 Å². The van der Waals surface area contributed by atoms with Crippen LogP contribution in [0.5, 0.6) is 5.75 Å². The molecule has 1 fully saturated rings. The molecular weight excluding hydrogens is 318 g/mol. The number of hydrogen-bond donors (Lipinski definition) is 1. The van der Waals surface area contributed by atoms with E-state index in [1.54, 1.807) is 7.11 Å². The first-order chi connectivity index (χ1) is 12.1. The topological polar surface area (TPSA) is 75.6 Å². The molecule has 0 amide bonds. The number of aromatic nitrogens is 2. The van der Waals surface area contributed by atoms with Crippen LogP contribution in [-0.2, 0) is 0 Å². The lowest BCUT2D eigenvalue weighted by Crippen LogP contribution is -2.35. The quantitative estimate of drug-likeness (QED) is 0.895. The van der Waals surface area contributed by atoms with Crippen LogP contribution in [0, 0.1) is 0 Å². The van der Waals surface area contributed by atoms with Crippen LogP contribution in [0.1, 0.15) is 42.5 Å². The zero-order chi connectivity index (χ0) is 17.8. The Bertz CT molecular complexity index is 740. The van der Waals surface area contributed by atoms with Crippen LogP contribution in [-0.4, -0.2) is 41.2 Å². The first-order valence-electron chi connectivity index (χ1n) is 8.57. The van der Waals surface area contributed by atoms with Gasteiger partial charge in [0.25, 0.3) is 0 Å². The van der Waals surface area contributed by atoms with E-state index in [1.807, 2.05) is 36.2 Å². The number of benzene rings is 1. The third kappa shape index (κ3) is 3.73. The molecule has 3 rings (SSSR count). The summed E-state index contributed by atoms with van der Waals surface area (Å²) in [6.07, 6.45) is 7.14. The Labute approximate surface area is 147 Å². The molecule has 1 aromatic carbocycles. The molecule has 0 atom stereocenters. The van der Waals surface area contributed by atoms with Crippen LogP contribution >= 0.6 is 0 Å². The van der Waals surface area contributed by atoms with Gasteiger partial charge in [-0.15, -0.1) is 0 Å². The van der Waals surface area contributed by atoms with Crippen molar-refractivity contribution in [3.8, 4) is 17.1 Å². The molecule has 1 saturated carbocycles. The van der Waals surface area contributed by atoms with Crippen molar-refractivity contribution in [3.63, 3.8) is 0 Å². The van der Waals surface area contributed by atoms with Crippen molar-refractivity contribution < 1.29 is 14.6 Å². The average molecular weight is 341 g/mol. The van der Waals surface area contributed by atoms with Crippen molar-refractivity contribution in [1.29, 1.82) is 0 Å². The van der Waals surface area contributed by atoms with Crippen molar-refractivity contribution >= 4 is 11.8 Å². The Morgan fingerprint density at radius 2 is 1.88 bits per heavy atom. The van der Waals surface area contributed by atoms with E-state index < -0.39 is 5.97 Å². The number of carboxylic acids is 1. The fraction of sp³-hybridized carbons (Fsp3) is 0.421. The Balaban J connectivity index is 1.97. The SMILES string of the molecule is COc1ccc(-c2ncc(C(=O)O)c(N(C)C3CCCCC3)n2)cc1. The molecule has 1 aliphatic rings. The Hall–Kier alpha value is -2.63. The molecule has 0 bridgehead atoms. The van der Waals surface area contributed by atoms with E-state index >= 15 is 0 Å². The maximum Gasteiger partial charge on any atom is 0.341 e. The second kappa shape index (κ2) is 7.51. The van der Waals surface area contributed by atoms with E-state index in [0.717, 1.165) is 24.2 Å². The number of rotatable bonds is 5. The predicted octanol–water partition coefficient (Wildman–Crippen LogP) is 3.62. The first-order valence-corrected chi connectivity index (χ1v) is 8.57. The van der Waals surface area contributed by atoms with Gasteiger partial charge >= 0.3 is 5.97 Å². The molecule has 132 valence electrons. The van der Waals surface area contributed by atoms with Gasteiger partial charge in [0, 0.05) is 24.8 Å². The molecule has 0 aliphatic heterocycles. The lowest BCUT2D eigenvalue weighted by atomic mass is 9.94. The summed E-state index contributed by atoms with van der Waals surface area (Å²) in [5.74, 6) is 0.759. The zero-order valence-corrected chi connectivity index (χ0v) is 14.6. The molecular formula is C19H23N3O3. The van der Waals surface area contributed by atoms with Gasteiger partial charge in [-0.25, -0.2) is 14.8 Å². The van der Waals surface area contributed by atoms with E-state index in [-0.39, 0.29) is 5.56 Å². The molecule has 1 aromatic heterocycles. The van der Waals surface area contributed by atoms with Gasteiger partial charge in [0.15, 0.2) is 5.82 Å². The fourth-order valence-electron chi connectivity index (χ4n) is 3.31. The van der Waals surface area contributed by atoms with Gasteiger partial charge < -0.3 is 14.7 Å². The van der Waals surface area contributed by atoms with E-state index in [0.29, 0.717) is 17.7 Å². The number of nitrogens with zero attached hydrogens (tertiary/aromatic N) is 3. The normalized spacial score (nSPS) is 15.0. The number of aromatic carboxylic acids is 1. The van der Waals surface area contributed by atoms with Crippen molar-refractivity contribution in [3.05, 3.63) is 36.0 Å². The van der Waals surface area contributed by atoms with Crippen LogP contribution in [0.25, 0.3) is 11.4 Å². The van der Waals surface area contributed by atoms with Gasteiger partial charge in [-0.1, -0.05) is 19.3 Å². The summed E-state index contributed by atoms with van der Waals surface area (Å²) in [6.45, 7) is 0. The zero-order valence-electron chi connectivity index (χ0n) is 14.6. The Morgan fingerprint density at radius 3 is 2.48 bits per heavy atom. The maximum atomic E-state index is 11.6. The van der Waals surface area contributed by atoms with E-state index in [9.17, 15) is 9.90 Å². The molecule has 1 aliphatic carbocycles. The highest BCUT2D eigenvalue weighted by Gasteiger charge is 2.24. The summed E-state index contributed by atoms with van der Waals surface area (Å²) in [5, 5.41) is 9.52. The lowest BCUT2D eigenvalue weighted by molar-refractivity contribution is 0.0696. The van der Waals surface area contributed by atoms with Gasteiger partial charge in [0.1, 0.15) is 17.1 Å². The minimum absolute atomic E-state index is 0.144. The van der Waals surface area contributed by atoms with E-state index in [1.165, 1.54) is 25.5 Å². The van der Waals surface area contributed by atoms with Crippen molar-refractivity contribution in [2.45, 2.75) is 38.1 Å².